The molecule has 4 rings (SSSR count). The number of carbonyl (C=O) groups excluding carboxylic acids is 1. The van der Waals surface area contributed by atoms with Crippen molar-refractivity contribution in [3.63, 3.8) is 0 Å². The van der Waals surface area contributed by atoms with Crippen molar-refractivity contribution in [3.8, 4) is 0 Å². The third-order valence-corrected chi connectivity index (χ3v) is 4.77. The Morgan fingerprint density at radius 1 is 1.28 bits per heavy atom. The number of aromatic amines is 1. The molecule has 0 unspecified atom stereocenters. The largest absolute Gasteiger partial charge is 0.382 e. The molecule has 1 saturated heterocycles. The maximum Gasteiger partial charge on any atom is 0.275 e. The van der Waals surface area contributed by atoms with Crippen LogP contribution in [0, 0.1) is 5.92 Å². The number of nitrogens with two attached hydrogens (primary N) is 1. The van der Waals surface area contributed by atoms with Gasteiger partial charge in [0.1, 0.15) is 5.82 Å². The van der Waals surface area contributed by atoms with Crippen LogP contribution < -0.4 is 5.73 Å². The van der Waals surface area contributed by atoms with Crippen molar-refractivity contribution in [2.24, 2.45) is 5.92 Å². The number of nitrogens with zero attached hydrogens (tertiary/aromatic N) is 4. The molecule has 128 valence electrons. The predicted octanol–water partition coefficient (Wildman–Crippen LogP) is 2.03. The van der Waals surface area contributed by atoms with E-state index in [2.05, 4.69) is 20.2 Å². The minimum atomic E-state index is -0.0192. The van der Waals surface area contributed by atoms with Crippen molar-refractivity contribution in [2.45, 2.75) is 19.3 Å². The number of anilines is 1. The molecular formula is C18H20N6O. The molecule has 1 fully saturated rings. The number of para-hydroxylation sites is 1. The summed E-state index contributed by atoms with van der Waals surface area (Å²) in [6.07, 6.45) is 6.02. The van der Waals surface area contributed by atoms with Crippen molar-refractivity contribution >= 4 is 22.6 Å². The number of amides is 1. The van der Waals surface area contributed by atoms with Gasteiger partial charge in [-0.05, 0) is 31.2 Å². The van der Waals surface area contributed by atoms with E-state index in [1.54, 1.807) is 12.4 Å². The van der Waals surface area contributed by atoms with Crippen LogP contribution in [-0.4, -0.2) is 44.1 Å². The third-order valence-electron chi connectivity index (χ3n) is 4.77. The lowest BCUT2D eigenvalue weighted by Crippen LogP contribution is -2.40. The summed E-state index contributed by atoms with van der Waals surface area (Å²) in [6, 6.07) is 7.70. The van der Waals surface area contributed by atoms with Gasteiger partial charge in [-0.15, -0.1) is 0 Å². The highest BCUT2D eigenvalue weighted by molar-refractivity contribution is 6.04. The highest BCUT2D eigenvalue weighted by Crippen LogP contribution is 2.24. The van der Waals surface area contributed by atoms with Crippen molar-refractivity contribution < 1.29 is 4.79 Å². The van der Waals surface area contributed by atoms with Crippen LogP contribution in [0.4, 0.5) is 5.82 Å². The first-order valence-electron chi connectivity index (χ1n) is 8.50. The smallest absolute Gasteiger partial charge is 0.275 e. The number of benzene rings is 1. The highest BCUT2D eigenvalue weighted by atomic mass is 16.2. The Balaban J connectivity index is 1.51. The fourth-order valence-electron chi connectivity index (χ4n) is 3.50. The number of aromatic nitrogens is 4. The maximum atomic E-state index is 12.9. The second-order valence-corrected chi connectivity index (χ2v) is 6.47. The van der Waals surface area contributed by atoms with Crippen LogP contribution in [0.3, 0.4) is 0 Å². The first-order valence-corrected chi connectivity index (χ1v) is 8.50. The number of hydrogen-bond donors (Lipinski definition) is 2. The molecule has 0 radical (unpaired) electrons. The van der Waals surface area contributed by atoms with Gasteiger partial charge in [-0.3, -0.25) is 14.9 Å². The zero-order valence-corrected chi connectivity index (χ0v) is 13.9. The topological polar surface area (TPSA) is 101 Å². The van der Waals surface area contributed by atoms with E-state index >= 15 is 0 Å². The first kappa shape index (κ1) is 15.6. The number of piperidine rings is 1. The Morgan fingerprint density at radius 2 is 2.12 bits per heavy atom. The molecule has 3 N–H and O–H groups in total. The van der Waals surface area contributed by atoms with Crippen LogP contribution in [-0.2, 0) is 6.42 Å². The average molecular weight is 336 g/mol. The van der Waals surface area contributed by atoms with Crippen molar-refractivity contribution in [1.29, 1.82) is 0 Å². The summed E-state index contributed by atoms with van der Waals surface area (Å²) in [5.74, 6) is 0.792. The average Bonchev–Trinajstić information content (AvgIpc) is 3.07. The molecule has 3 heterocycles. The monoisotopic (exact) mass is 336 g/mol. The van der Waals surface area contributed by atoms with E-state index in [0.717, 1.165) is 42.4 Å². The Hall–Kier alpha value is -2.96. The summed E-state index contributed by atoms with van der Waals surface area (Å²) in [6.45, 7) is 1.45. The molecule has 1 aliphatic rings. The molecule has 1 amide bonds. The Bertz CT molecular complexity index is 905. The molecule has 0 bridgehead atoms. The summed E-state index contributed by atoms with van der Waals surface area (Å²) in [5, 5.41) is 8.04. The van der Waals surface area contributed by atoms with Crippen LogP contribution in [0.15, 0.2) is 36.7 Å². The summed E-state index contributed by atoms with van der Waals surface area (Å²) in [7, 11) is 0. The number of nitrogen functional groups attached to an aromatic ring is 1. The van der Waals surface area contributed by atoms with Gasteiger partial charge in [-0.1, -0.05) is 18.2 Å². The zero-order valence-electron chi connectivity index (χ0n) is 13.9. The summed E-state index contributed by atoms with van der Waals surface area (Å²) in [5.41, 5.74) is 8.09. The number of likely N-dealkylation sites (tertiary alicyclic amines) is 1. The van der Waals surface area contributed by atoms with Crippen LogP contribution in [0.2, 0.25) is 0 Å². The predicted molar refractivity (Wildman–Crippen MR) is 94.9 cm³/mol. The van der Waals surface area contributed by atoms with Gasteiger partial charge in [0.25, 0.3) is 5.91 Å². The quantitative estimate of drug-likeness (QED) is 0.762. The van der Waals surface area contributed by atoms with Crippen molar-refractivity contribution in [1.82, 2.24) is 25.1 Å². The number of H-pyrrole nitrogens is 1. The number of hydrogen-bond acceptors (Lipinski definition) is 5. The maximum absolute atomic E-state index is 12.9. The first-order chi connectivity index (χ1) is 12.2. The van der Waals surface area contributed by atoms with E-state index < -0.39 is 0 Å². The number of nitrogens with one attached hydrogen (secondary N) is 1. The zero-order chi connectivity index (χ0) is 17.2. The summed E-state index contributed by atoms with van der Waals surface area (Å²) in [4.78, 5) is 23.2. The van der Waals surface area contributed by atoms with Crippen LogP contribution in [0.1, 0.15) is 29.0 Å². The molecular weight excluding hydrogens is 316 g/mol. The SMILES string of the molecule is Nc1nccnc1C[C@@H]1CCCN(C(=O)c2n[nH]c3ccccc23)C1. The molecule has 1 aromatic carbocycles. The lowest BCUT2D eigenvalue weighted by Gasteiger charge is -2.32. The van der Waals surface area contributed by atoms with Crippen LogP contribution in [0.25, 0.3) is 10.9 Å². The Labute approximate surface area is 145 Å². The van der Waals surface area contributed by atoms with Crippen LogP contribution in [0.5, 0.6) is 0 Å². The van der Waals surface area contributed by atoms with E-state index in [4.69, 9.17) is 5.73 Å². The van der Waals surface area contributed by atoms with Gasteiger partial charge in [0.05, 0.1) is 11.2 Å². The van der Waals surface area contributed by atoms with Gasteiger partial charge in [0.2, 0.25) is 0 Å². The fraction of sp³-hybridized carbons (Fsp3) is 0.333. The van der Waals surface area contributed by atoms with E-state index in [1.165, 1.54) is 0 Å². The van der Waals surface area contributed by atoms with Gasteiger partial charge in [-0.2, -0.15) is 5.10 Å². The van der Waals surface area contributed by atoms with E-state index in [9.17, 15) is 4.79 Å². The van der Waals surface area contributed by atoms with E-state index in [1.807, 2.05) is 29.2 Å². The molecule has 3 aromatic rings. The fourth-order valence-corrected chi connectivity index (χ4v) is 3.50. The number of rotatable bonds is 3. The molecule has 7 nitrogen and oxygen atoms in total. The van der Waals surface area contributed by atoms with Gasteiger partial charge < -0.3 is 10.6 Å². The molecule has 1 aliphatic heterocycles. The van der Waals surface area contributed by atoms with Crippen LogP contribution >= 0.6 is 0 Å². The third kappa shape index (κ3) is 3.05. The van der Waals surface area contributed by atoms with Gasteiger partial charge in [0, 0.05) is 30.9 Å². The lowest BCUT2D eigenvalue weighted by molar-refractivity contribution is 0.0669. The highest BCUT2D eigenvalue weighted by Gasteiger charge is 2.27. The second-order valence-electron chi connectivity index (χ2n) is 6.47. The molecule has 1 atom stereocenters. The van der Waals surface area contributed by atoms with E-state index in [0.29, 0.717) is 24.0 Å². The van der Waals surface area contributed by atoms with Gasteiger partial charge in [-0.25, -0.2) is 4.98 Å². The molecule has 25 heavy (non-hydrogen) atoms. The second kappa shape index (κ2) is 6.51. The Morgan fingerprint density at radius 3 is 3.00 bits per heavy atom. The van der Waals surface area contributed by atoms with Gasteiger partial charge in [0.15, 0.2) is 5.69 Å². The van der Waals surface area contributed by atoms with Gasteiger partial charge >= 0.3 is 0 Å². The molecule has 7 heteroatoms. The number of fused-ring (bicyclic) bond motifs is 1. The van der Waals surface area contributed by atoms with E-state index in [-0.39, 0.29) is 5.91 Å². The van der Waals surface area contributed by atoms with Crippen molar-refractivity contribution in [3.05, 3.63) is 48.0 Å². The number of carbonyl (C=O) groups is 1. The minimum Gasteiger partial charge on any atom is -0.382 e. The standard InChI is InChI=1S/C18H20N6O/c19-17-15(20-7-8-21-17)10-12-4-3-9-24(11-12)18(25)16-13-5-1-2-6-14(13)22-23-16/h1-2,5-8,12H,3-4,9-11H2,(H2,19,21)(H,22,23)/t12-/m0/s1. The van der Waals surface area contributed by atoms with Crippen molar-refractivity contribution in [2.75, 3.05) is 18.8 Å². The summed E-state index contributed by atoms with van der Waals surface area (Å²) >= 11 is 0. The lowest BCUT2D eigenvalue weighted by atomic mass is 9.93. The molecule has 2 aromatic heterocycles. The minimum absolute atomic E-state index is 0.0192. The molecule has 0 spiro atoms. The summed E-state index contributed by atoms with van der Waals surface area (Å²) < 4.78 is 0. The normalized spacial score (nSPS) is 17.8. The molecule has 0 saturated carbocycles. The Kier molecular flexibility index (Phi) is 4.05. The molecule has 0 aliphatic carbocycles.